The largest absolute Gasteiger partial charge is 0.457 e. The van der Waals surface area contributed by atoms with Gasteiger partial charge >= 0.3 is 0 Å². The van der Waals surface area contributed by atoms with E-state index in [0.717, 1.165) is 37.0 Å². The number of likely N-dealkylation sites (tertiary alicyclic amines) is 1. The van der Waals surface area contributed by atoms with Gasteiger partial charge in [-0.25, -0.2) is 19.5 Å². The molecule has 3 heterocycles. The molecule has 1 saturated heterocycles. The van der Waals surface area contributed by atoms with Gasteiger partial charge in [0.05, 0.1) is 24.5 Å². The van der Waals surface area contributed by atoms with Crippen molar-refractivity contribution in [3.05, 3.63) is 84.1 Å². The molecule has 2 aromatic heterocycles. The fourth-order valence-corrected chi connectivity index (χ4v) is 4.95. The molecule has 1 unspecified atom stereocenters. The smallest absolute Gasteiger partial charge is 0.252 e. The highest BCUT2D eigenvalue weighted by molar-refractivity contribution is 5.98. The number of anilines is 1. The number of amides is 1. The number of nitrogens with zero attached hydrogens (tertiary/aromatic N) is 6. The normalized spacial score (nSPS) is 17.5. The van der Waals surface area contributed by atoms with Gasteiger partial charge in [-0.15, -0.1) is 0 Å². The van der Waals surface area contributed by atoms with Crippen LogP contribution in [0.1, 0.15) is 25.7 Å². The summed E-state index contributed by atoms with van der Waals surface area (Å²) in [6.07, 6.45) is 7.10. The van der Waals surface area contributed by atoms with Crippen molar-refractivity contribution in [1.29, 1.82) is 0 Å². The topological polar surface area (TPSA) is 104 Å². The third kappa shape index (κ3) is 4.68. The summed E-state index contributed by atoms with van der Waals surface area (Å²) in [7, 11) is 0. The zero-order valence-electron chi connectivity index (χ0n) is 20.8. The van der Waals surface area contributed by atoms with E-state index in [1.807, 2.05) is 70.3 Å². The number of carbonyl (C=O) groups excluding carboxylic acids is 1. The Labute approximate surface area is 220 Å². The molecule has 2 N–H and O–H groups in total. The molecule has 2 fully saturated rings. The lowest BCUT2D eigenvalue weighted by Crippen LogP contribution is -2.38. The second kappa shape index (κ2) is 9.98. The number of benzene rings is 2. The van der Waals surface area contributed by atoms with Gasteiger partial charge in [0.25, 0.3) is 5.91 Å². The fraction of sp³-hybridized carbons (Fsp3) is 0.276. The van der Waals surface area contributed by atoms with E-state index in [1.54, 1.807) is 0 Å². The van der Waals surface area contributed by atoms with Crippen LogP contribution in [0.2, 0.25) is 0 Å². The Morgan fingerprint density at radius 2 is 1.84 bits per heavy atom. The molecule has 190 valence electrons. The van der Waals surface area contributed by atoms with E-state index in [0.29, 0.717) is 47.3 Å². The van der Waals surface area contributed by atoms with Crippen LogP contribution < -0.4 is 10.5 Å². The van der Waals surface area contributed by atoms with Gasteiger partial charge in [-0.2, -0.15) is 5.10 Å². The molecule has 1 aliphatic carbocycles. The van der Waals surface area contributed by atoms with Gasteiger partial charge in [0.15, 0.2) is 5.65 Å². The molecule has 0 radical (unpaired) electrons. The lowest BCUT2D eigenvalue weighted by Gasteiger charge is -2.24. The fourth-order valence-electron chi connectivity index (χ4n) is 4.95. The third-order valence-corrected chi connectivity index (χ3v) is 7.04. The minimum absolute atomic E-state index is 0.0827. The molecule has 1 aliphatic heterocycles. The zero-order valence-corrected chi connectivity index (χ0v) is 20.8. The van der Waals surface area contributed by atoms with Gasteiger partial charge in [0, 0.05) is 12.1 Å². The van der Waals surface area contributed by atoms with Crippen LogP contribution in [0, 0.1) is 12.5 Å². The standard InChI is InChI=1S/C29H27N7O2/c1-31-24(16-19-9-10-19)29(37)35-15-5-6-21(35)17-36-28-25(27(30)32-18-33-28)26(34-36)20-11-13-23(14-12-20)38-22-7-3-2-4-8-22/h2-4,7-8,11-14,16,18-19,21H,5-6,9-10,15,17H2,(H2,30,32,33). The second-order valence-electron chi connectivity index (χ2n) is 9.72. The van der Waals surface area contributed by atoms with Crippen molar-refractivity contribution in [3.8, 4) is 22.8 Å². The van der Waals surface area contributed by atoms with Crippen LogP contribution in [0.3, 0.4) is 0 Å². The highest BCUT2D eigenvalue weighted by Crippen LogP contribution is 2.34. The van der Waals surface area contributed by atoms with Crippen molar-refractivity contribution >= 4 is 22.8 Å². The van der Waals surface area contributed by atoms with Crippen molar-refractivity contribution in [2.24, 2.45) is 5.92 Å². The van der Waals surface area contributed by atoms with Gasteiger partial charge in [-0.1, -0.05) is 24.3 Å². The zero-order chi connectivity index (χ0) is 26.1. The Morgan fingerprint density at radius 1 is 1.08 bits per heavy atom. The van der Waals surface area contributed by atoms with E-state index in [4.69, 9.17) is 22.1 Å². The van der Waals surface area contributed by atoms with Crippen LogP contribution in [0.4, 0.5) is 5.82 Å². The molecule has 1 amide bonds. The van der Waals surface area contributed by atoms with Crippen LogP contribution in [-0.2, 0) is 11.3 Å². The number of ether oxygens (including phenoxy) is 1. The quantitative estimate of drug-likeness (QED) is 0.278. The predicted octanol–water partition coefficient (Wildman–Crippen LogP) is 5.07. The molecule has 4 aromatic rings. The first kappa shape index (κ1) is 23.7. The first-order chi connectivity index (χ1) is 18.6. The van der Waals surface area contributed by atoms with E-state index >= 15 is 0 Å². The van der Waals surface area contributed by atoms with Crippen molar-refractivity contribution in [2.45, 2.75) is 38.3 Å². The maximum absolute atomic E-state index is 13.2. The highest BCUT2D eigenvalue weighted by Gasteiger charge is 2.33. The van der Waals surface area contributed by atoms with E-state index in [-0.39, 0.29) is 17.6 Å². The van der Waals surface area contributed by atoms with Gasteiger partial charge in [0.2, 0.25) is 5.70 Å². The summed E-state index contributed by atoms with van der Waals surface area (Å²) < 4.78 is 7.74. The molecular formula is C29H27N7O2. The maximum Gasteiger partial charge on any atom is 0.252 e. The molecule has 2 aliphatic rings. The summed E-state index contributed by atoms with van der Waals surface area (Å²) in [5.74, 6) is 2.00. The van der Waals surface area contributed by atoms with Crippen LogP contribution in [0.25, 0.3) is 27.1 Å². The monoisotopic (exact) mass is 505 g/mol. The Balaban J connectivity index is 1.29. The Kier molecular flexibility index (Phi) is 6.22. The highest BCUT2D eigenvalue weighted by atomic mass is 16.5. The van der Waals surface area contributed by atoms with Crippen LogP contribution >= 0.6 is 0 Å². The van der Waals surface area contributed by atoms with Gasteiger partial charge in [-0.05, 0) is 68.0 Å². The summed E-state index contributed by atoms with van der Waals surface area (Å²) in [6.45, 7) is 8.62. The maximum atomic E-state index is 13.2. The number of hydrogen-bond donors (Lipinski definition) is 1. The summed E-state index contributed by atoms with van der Waals surface area (Å²) >= 11 is 0. The molecule has 0 bridgehead atoms. The molecule has 38 heavy (non-hydrogen) atoms. The third-order valence-electron chi connectivity index (χ3n) is 7.04. The molecule has 9 heteroatoms. The number of carbonyl (C=O) groups is 1. The Bertz CT molecular complexity index is 1550. The number of para-hydroxylation sites is 1. The number of nitrogen functional groups attached to an aromatic ring is 1. The molecule has 1 atom stereocenters. The molecule has 2 aromatic carbocycles. The summed E-state index contributed by atoms with van der Waals surface area (Å²) in [4.78, 5) is 27.3. The first-order valence-electron chi connectivity index (χ1n) is 12.8. The Hall–Kier alpha value is -4.71. The SMILES string of the molecule is [C-]#[N+]C(=CC1CC1)C(=O)N1CCCC1Cn1nc(-c2ccc(Oc3ccccc3)cc2)c2c(N)ncnc21. The van der Waals surface area contributed by atoms with Gasteiger partial charge in [-0.3, -0.25) is 4.79 Å². The lowest BCUT2D eigenvalue weighted by atomic mass is 10.1. The summed E-state index contributed by atoms with van der Waals surface area (Å²) in [6, 6.07) is 17.2. The molecule has 9 nitrogen and oxygen atoms in total. The average Bonchev–Trinajstić information content (AvgIpc) is 3.52. The van der Waals surface area contributed by atoms with Gasteiger partial charge in [0.1, 0.15) is 29.3 Å². The van der Waals surface area contributed by atoms with E-state index in [1.165, 1.54) is 6.33 Å². The van der Waals surface area contributed by atoms with Crippen molar-refractivity contribution < 1.29 is 9.53 Å². The average molecular weight is 506 g/mol. The van der Waals surface area contributed by atoms with Crippen LogP contribution in [0.5, 0.6) is 11.5 Å². The number of nitrogens with two attached hydrogens (primary N) is 1. The predicted molar refractivity (Wildman–Crippen MR) is 144 cm³/mol. The summed E-state index contributed by atoms with van der Waals surface area (Å²) in [5.41, 5.74) is 8.69. The van der Waals surface area contributed by atoms with E-state index in [2.05, 4.69) is 14.8 Å². The Morgan fingerprint density at radius 3 is 2.58 bits per heavy atom. The van der Waals surface area contributed by atoms with E-state index in [9.17, 15) is 4.79 Å². The number of hydrogen-bond acceptors (Lipinski definition) is 6. The number of fused-ring (bicyclic) bond motifs is 1. The second-order valence-corrected chi connectivity index (χ2v) is 9.72. The lowest BCUT2D eigenvalue weighted by molar-refractivity contribution is -0.127. The minimum atomic E-state index is -0.186. The molecule has 6 rings (SSSR count). The van der Waals surface area contributed by atoms with Crippen molar-refractivity contribution in [1.82, 2.24) is 24.6 Å². The minimum Gasteiger partial charge on any atom is -0.457 e. The number of rotatable bonds is 7. The summed E-state index contributed by atoms with van der Waals surface area (Å²) in [5, 5.41) is 5.57. The van der Waals surface area contributed by atoms with Crippen molar-refractivity contribution in [3.63, 3.8) is 0 Å². The molecule has 1 saturated carbocycles. The first-order valence-corrected chi connectivity index (χ1v) is 12.8. The number of allylic oxidation sites excluding steroid dienone is 1. The van der Waals surface area contributed by atoms with Gasteiger partial charge < -0.3 is 15.4 Å². The van der Waals surface area contributed by atoms with Crippen LogP contribution in [-0.4, -0.2) is 43.1 Å². The number of aromatic nitrogens is 4. The van der Waals surface area contributed by atoms with Crippen LogP contribution in [0.15, 0.2) is 72.7 Å². The molecule has 0 spiro atoms. The van der Waals surface area contributed by atoms with Crippen molar-refractivity contribution in [2.75, 3.05) is 12.3 Å². The molecular weight excluding hydrogens is 478 g/mol. The van der Waals surface area contributed by atoms with E-state index < -0.39 is 0 Å².